The third-order valence-corrected chi connectivity index (χ3v) is 7.23. The maximum atomic E-state index is 5.97. The monoisotopic (exact) mass is 191 g/mol. The van der Waals surface area contributed by atoms with Crippen molar-refractivity contribution in [1.82, 2.24) is 6.15 Å². The van der Waals surface area contributed by atoms with Crippen molar-refractivity contribution < 1.29 is 4.43 Å². The van der Waals surface area contributed by atoms with Crippen molar-refractivity contribution in [3.63, 3.8) is 0 Å². The molecule has 0 fully saturated rings. The van der Waals surface area contributed by atoms with Crippen molar-refractivity contribution in [1.29, 1.82) is 0 Å². The molecular formula is C9H25NOSi. The lowest BCUT2D eigenvalue weighted by Crippen LogP contribution is -2.35. The van der Waals surface area contributed by atoms with Crippen molar-refractivity contribution in [2.45, 2.75) is 52.2 Å². The van der Waals surface area contributed by atoms with Crippen molar-refractivity contribution in [3.05, 3.63) is 0 Å². The molecule has 12 heavy (non-hydrogen) atoms. The summed E-state index contributed by atoms with van der Waals surface area (Å²) in [5.74, 6) is 0. The molecule has 0 aromatic heterocycles. The van der Waals surface area contributed by atoms with Gasteiger partial charge in [0.1, 0.15) is 0 Å². The molecule has 0 saturated carbocycles. The summed E-state index contributed by atoms with van der Waals surface area (Å²) in [5, 5.41) is 0. The summed E-state index contributed by atoms with van der Waals surface area (Å²) in [5.41, 5.74) is 0. The molecule has 0 amide bonds. The summed E-state index contributed by atoms with van der Waals surface area (Å²) in [6.45, 7) is 9.97. The Labute approximate surface area is 78.4 Å². The highest BCUT2D eigenvalue weighted by atomic mass is 28.4. The Morgan fingerprint density at radius 3 is 1.58 bits per heavy atom. The van der Waals surface area contributed by atoms with Gasteiger partial charge in [-0.2, -0.15) is 0 Å². The standard InChI is InChI=1S/C9H22OSi.H3N/c1-5-9-10-11(6-2,7-3)8-4;/h5-9H2,1-4H3;1H3. The molecule has 0 saturated heterocycles. The first-order valence-corrected chi connectivity index (χ1v) is 7.41. The molecule has 0 aliphatic heterocycles. The third-order valence-electron chi connectivity index (χ3n) is 2.55. The van der Waals surface area contributed by atoms with Gasteiger partial charge in [0.2, 0.25) is 0 Å². The fraction of sp³-hybridized carbons (Fsp3) is 1.00. The summed E-state index contributed by atoms with van der Waals surface area (Å²) < 4.78 is 5.97. The molecule has 3 heteroatoms. The van der Waals surface area contributed by atoms with Gasteiger partial charge in [-0.3, -0.25) is 0 Å². The van der Waals surface area contributed by atoms with E-state index in [1.54, 1.807) is 0 Å². The molecule has 0 atom stereocenters. The van der Waals surface area contributed by atoms with Gasteiger partial charge in [-0.05, 0) is 24.6 Å². The molecule has 0 unspecified atom stereocenters. The van der Waals surface area contributed by atoms with E-state index in [2.05, 4.69) is 27.7 Å². The maximum Gasteiger partial charge on any atom is 0.191 e. The van der Waals surface area contributed by atoms with Gasteiger partial charge in [0, 0.05) is 6.61 Å². The zero-order valence-corrected chi connectivity index (χ0v) is 10.2. The zero-order valence-electron chi connectivity index (χ0n) is 9.15. The van der Waals surface area contributed by atoms with Gasteiger partial charge in [-0.25, -0.2) is 0 Å². The molecule has 0 rings (SSSR count). The largest absolute Gasteiger partial charge is 0.417 e. The lowest BCUT2D eigenvalue weighted by atomic mass is 10.5. The van der Waals surface area contributed by atoms with Crippen LogP contribution in [0, 0.1) is 0 Å². The molecule has 0 spiro atoms. The van der Waals surface area contributed by atoms with Crippen molar-refractivity contribution >= 4 is 8.32 Å². The number of hydrogen-bond acceptors (Lipinski definition) is 2. The molecule has 0 heterocycles. The van der Waals surface area contributed by atoms with Crippen LogP contribution in [0.1, 0.15) is 34.1 Å². The first kappa shape index (κ1) is 14.6. The highest BCUT2D eigenvalue weighted by molar-refractivity contribution is 6.73. The maximum absolute atomic E-state index is 5.97. The normalized spacial score (nSPS) is 11.0. The highest BCUT2D eigenvalue weighted by Crippen LogP contribution is 2.21. The van der Waals surface area contributed by atoms with E-state index in [1.165, 1.54) is 18.1 Å². The molecule has 0 aliphatic carbocycles. The van der Waals surface area contributed by atoms with Crippen LogP contribution in [0.5, 0.6) is 0 Å². The van der Waals surface area contributed by atoms with Crippen LogP contribution in [0.3, 0.4) is 0 Å². The molecule has 0 aromatic carbocycles. The van der Waals surface area contributed by atoms with Crippen LogP contribution in [0.25, 0.3) is 0 Å². The Morgan fingerprint density at radius 2 is 1.33 bits per heavy atom. The van der Waals surface area contributed by atoms with Crippen molar-refractivity contribution in [2.75, 3.05) is 6.61 Å². The Morgan fingerprint density at radius 1 is 0.917 bits per heavy atom. The van der Waals surface area contributed by atoms with E-state index >= 15 is 0 Å². The van der Waals surface area contributed by atoms with Gasteiger partial charge in [0.05, 0.1) is 0 Å². The summed E-state index contributed by atoms with van der Waals surface area (Å²) in [6, 6.07) is 3.83. The predicted molar refractivity (Wildman–Crippen MR) is 58.5 cm³/mol. The fourth-order valence-corrected chi connectivity index (χ4v) is 4.12. The Balaban J connectivity index is 0. The predicted octanol–water partition coefficient (Wildman–Crippen LogP) is 3.58. The van der Waals surface area contributed by atoms with E-state index in [9.17, 15) is 0 Å². The van der Waals surface area contributed by atoms with Gasteiger partial charge in [-0.15, -0.1) is 0 Å². The van der Waals surface area contributed by atoms with Crippen LogP contribution in [-0.2, 0) is 4.43 Å². The number of hydrogen-bond donors (Lipinski definition) is 1. The minimum Gasteiger partial charge on any atom is -0.417 e. The SMILES string of the molecule is CCCO[Si](CC)(CC)CC.N. The number of rotatable bonds is 6. The van der Waals surface area contributed by atoms with E-state index in [4.69, 9.17) is 4.43 Å². The first-order chi connectivity index (χ1) is 5.24. The Bertz CT molecular complexity index is 86.3. The molecule has 0 aliphatic rings. The van der Waals surface area contributed by atoms with Crippen molar-refractivity contribution in [2.24, 2.45) is 0 Å². The van der Waals surface area contributed by atoms with Crippen LogP contribution >= 0.6 is 0 Å². The van der Waals surface area contributed by atoms with E-state index in [0.717, 1.165) is 13.0 Å². The lowest BCUT2D eigenvalue weighted by Gasteiger charge is -2.27. The average molecular weight is 191 g/mol. The van der Waals surface area contributed by atoms with Crippen LogP contribution in [-0.4, -0.2) is 14.9 Å². The second-order valence-corrected chi connectivity index (χ2v) is 7.87. The zero-order chi connectivity index (χ0) is 8.74. The quantitative estimate of drug-likeness (QED) is 0.652. The molecular weight excluding hydrogens is 166 g/mol. The van der Waals surface area contributed by atoms with E-state index in [-0.39, 0.29) is 6.15 Å². The van der Waals surface area contributed by atoms with Gasteiger partial charge in [0.15, 0.2) is 8.32 Å². The van der Waals surface area contributed by atoms with Crippen LogP contribution in [0.4, 0.5) is 0 Å². The molecule has 2 nitrogen and oxygen atoms in total. The average Bonchev–Trinajstić information content (AvgIpc) is 2.08. The Kier molecular flexibility index (Phi) is 9.48. The van der Waals surface area contributed by atoms with Gasteiger partial charge < -0.3 is 10.6 Å². The smallest absolute Gasteiger partial charge is 0.191 e. The van der Waals surface area contributed by atoms with Gasteiger partial charge in [0.25, 0.3) is 0 Å². The van der Waals surface area contributed by atoms with E-state index in [1.807, 2.05) is 0 Å². The lowest BCUT2D eigenvalue weighted by molar-refractivity contribution is 0.299. The second kappa shape index (κ2) is 7.77. The molecule has 0 radical (unpaired) electrons. The molecule has 3 N–H and O–H groups in total. The molecule has 0 aromatic rings. The third kappa shape index (κ3) is 4.23. The van der Waals surface area contributed by atoms with E-state index < -0.39 is 8.32 Å². The van der Waals surface area contributed by atoms with Crippen LogP contribution in [0.15, 0.2) is 0 Å². The van der Waals surface area contributed by atoms with Crippen molar-refractivity contribution in [3.8, 4) is 0 Å². The fourth-order valence-electron chi connectivity index (χ4n) is 1.37. The van der Waals surface area contributed by atoms with E-state index in [0.29, 0.717) is 0 Å². The summed E-state index contributed by atoms with van der Waals surface area (Å²) in [7, 11) is -1.24. The molecule has 76 valence electrons. The highest BCUT2D eigenvalue weighted by Gasteiger charge is 2.27. The summed E-state index contributed by atoms with van der Waals surface area (Å²) in [4.78, 5) is 0. The topological polar surface area (TPSA) is 44.2 Å². The first-order valence-electron chi connectivity index (χ1n) is 4.88. The summed E-state index contributed by atoms with van der Waals surface area (Å²) in [6.07, 6.45) is 1.16. The van der Waals surface area contributed by atoms with Gasteiger partial charge >= 0.3 is 0 Å². The van der Waals surface area contributed by atoms with Crippen LogP contribution < -0.4 is 6.15 Å². The Hall–Kier alpha value is 0.137. The minimum absolute atomic E-state index is 0. The van der Waals surface area contributed by atoms with Crippen LogP contribution in [0.2, 0.25) is 18.1 Å². The second-order valence-electron chi connectivity index (χ2n) is 3.09. The van der Waals surface area contributed by atoms with Gasteiger partial charge in [-0.1, -0.05) is 27.7 Å². The summed E-state index contributed by atoms with van der Waals surface area (Å²) >= 11 is 0. The minimum atomic E-state index is -1.24. The molecule has 0 bridgehead atoms.